The topological polar surface area (TPSA) is 168 Å². The molecule has 2 amide bonds. The zero-order chi connectivity index (χ0) is 33.1. The second-order valence-corrected chi connectivity index (χ2v) is 9.37. The molecule has 0 aromatic heterocycles. The van der Waals surface area contributed by atoms with Crippen molar-refractivity contribution >= 4 is 35.4 Å². The number of hydrogen-bond acceptors (Lipinski definition) is 10. The number of methoxy groups -OCH3 is 1. The summed E-state index contributed by atoms with van der Waals surface area (Å²) in [6.07, 6.45) is 1.37. The number of nitrogens with one attached hydrogen (secondary N) is 2. The molecular formula is C33H30N4O9. The number of nitro groups is 1. The van der Waals surface area contributed by atoms with Crippen molar-refractivity contribution in [2.75, 3.05) is 25.6 Å². The summed E-state index contributed by atoms with van der Waals surface area (Å²) in [6.45, 7) is 4.55. The van der Waals surface area contributed by atoms with Gasteiger partial charge >= 0.3 is 5.97 Å². The van der Waals surface area contributed by atoms with Gasteiger partial charge in [-0.15, -0.1) is 0 Å². The van der Waals surface area contributed by atoms with Crippen LogP contribution >= 0.6 is 0 Å². The Hall–Kier alpha value is -6.24. The Morgan fingerprint density at radius 2 is 1.46 bits per heavy atom. The van der Waals surface area contributed by atoms with E-state index in [0.717, 1.165) is 0 Å². The minimum Gasteiger partial charge on any atom is -0.493 e. The number of carbonyl (C=O) groups is 3. The van der Waals surface area contributed by atoms with Gasteiger partial charge in [-0.25, -0.2) is 10.2 Å². The Kier molecular flexibility index (Phi) is 11.0. The van der Waals surface area contributed by atoms with Crippen LogP contribution in [0.4, 0.5) is 11.4 Å². The van der Waals surface area contributed by atoms with Gasteiger partial charge in [0, 0.05) is 28.9 Å². The van der Waals surface area contributed by atoms with E-state index in [-0.39, 0.29) is 28.3 Å². The van der Waals surface area contributed by atoms with Crippen LogP contribution in [0.5, 0.6) is 23.0 Å². The van der Waals surface area contributed by atoms with Crippen LogP contribution in [0.2, 0.25) is 0 Å². The van der Waals surface area contributed by atoms with E-state index in [4.69, 9.17) is 18.9 Å². The van der Waals surface area contributed by atoms with Gasteiger partial charge in [0.25, 0.3) is 17.5 Å². The Bertz CT molecular complexity index is 1770. The van der Waals surface area contributed by atoms with Gasteiger partial charge in [0.05, 0.1) is 37.0 Å². The van der Waals surface area contributed by atoms with Crippen LogP contribution in [0.3, 0.4) is 0 Å². The fourth-order valence-electron chi connectivity index (χ4n) is 4.09. The van der Waals surface area contributed by atoms with Gasteiger partial charge < -0.3 is 24.3 Å². The molecule has 236 valence electrons. The smallest absolute Gasteiger partial charge is 0.343 e. The lowest BCUT2D eigenvalue weighted by Crippen LogP contribution is -2.18. The average molecular weight is 627 g/mol. The van der Waals surface area contributed by atoms with Crippen molar-refractivity contribution in [1.29, 1.82) is 0 Å². The predicted molar refractivity (Wildman–Crippen MR) is 169 cm³/mol. The minimum atomic E-state index is -0.727. The third-order valence-electron chi connectivity index (χ3n) is 6.27. The maximum atomic E-state index is 12.9. The van der Waals surface area contributed by atoms with E-state index in [1.54, 1.807) is 48.5 Å². The Balaban J connectivity index is 1.37. The average Bonchev–Trinajstić information content (AvgIpc) is 3.06. The lowest BCUT2D eigenvalue weighted by atomic mass is 10.1. The molecule has 0 bridgehead atoms. The molecule has 0 aliphatic heterocycles. The molecule has 13 nitrogen and oxygen atoms in total. The van der Waals surface area contributed by atoms with Crippen LogP contribution < -0.4 is 29.7 Å². The van der Waals surface area contributed by atoms with E-state index in [0.29, 0.717) is 41.5 Å². The monoisotopic (exact) mass is 626 g/mol. The number of ether oxygens (including phenoxy) is 4. The summed E-state index contributed by atoms with van der Waals surface area (Å²) in [5.74, 6) is -0.311. The second kappa shape index (κ2) is 15.5. The summed E-state index contributed by atoms with van der Waals surface area (Å²) in [5.41, 5.74) is 3.93. The van der Waals surface area contributed by atoms with Crippen molar-refractivity contribution in [1.82, 2.24) is 5.43 Å². The van der Waals surface area contributed by atoms with Crippen LogP contribution in [0.25, 0.3) is 0 Å². The number of non-ortho nitro benzene ring substituents is 1. The molecule has 0 atom stereocenters. The van der Waals surface area contributed by atoms with Gasteiger partial charge in [-0.2, -0.15) is 5.10 Å². The number of amides is 2. The highest BCUT2D eigenvalue weighted by Gasteiger charge is 2.16. The number of nitro benzene ring substituents is 1. The Morgan fingerprint density at radius 3 is 2.15 bits per heavy atom. The molecule has 0 fully saturated rings. The van der Waals surface area contributed by atoms with Crippen molar-refractivity contribution in [3.05, 3.63) is 117 Å². The number of anilines is 1. The highest BCUT2D eigenvalue weighted by atomic mass is 16.6. The van der Waals surface area contributed by atoms with Crippen LogP contribution in [-0.4, -0.2) is 49.2 Å². The first kappa shape index (κ1) is 32.7. The SMILES string of the molecule is CCOc1ccc(C(=O)Nc2cccc(C(=O)NN=Cc3ccc(OC(=O)c4ccc([N+](=O)[O-])cc4)c(OC)c3)c2)cc1OCC. The van der Waals surface area contributed by atoms with Gasteiger partial charge in [-0.3, -0.25) is 19.7 Å². The molecule has 0 saturated carbocycles. The van der Waals surface area contributed by atoms with Gasteiger partial charge in [0.1, 0.15) is 0 Å². The van der Waals surface area contributed by atoms with E-state index < -0.39 is 22.7 Å². The molecule has 4 rings (SSSR count). The zero-order valence-electron chi connectivity index (χ0n) is 25.1. The number of rotatable bonds is 13. The summed E-state index contributed by atoms with van der Waals surface area (Å²) >= 11 is 0. The fourth-order valence-corrected chi connectivity index (χ4v) is 4.09. The summed E-state index contributed by atoms with van der Waals surface area (Å²) in [7, 11) is 1.39. The summed E-state index contributed by atoms with van der Waals surface area (Å²) < 4.78 is 21.8. The minimum absolute atomic E-state index is 0.116. The largest absolute Gasteiger partial charge is 0.493 e. The van der Waals surface area contributed by atoms with Crippen molar-refractivity contribution in [3.8, 4) is 23.0 Å². The zero-order valence-corrected chi connectivity index (χ0v) is 25.1. The van der Waals surface area contributed by atoms with Crippen molar-refractivity contribution in [2.24, 2.45) is 5.10 Å². The first-order valence-electron chi connectivity index (χ1n) is 14.0. The number of benzene rings is 4. The maximum Gasteiger partial charge on any atom is 0.343 e. The first-order valence-corrected chi connectivity index (χ1v) is 14.0. The van der Waals surface area contributed by atoms with Crippen LogP contribution in [-0.2, 0) is 0 Å². The lowest BCUT2D eigenvalue weighted by Gasteiger charge is -2.12. The first-order chi connectivity index (χ1) is 22.2. The summed E-state index contributed by atoms with van der Waals surface area (Å²) in [4.78, 5) is 48.4. The van der Waals surface area contributed by atoms with Gasteiger partial charge in [-0.1, -0.05) is 6.07 Å². The van der Waals surface area contributed by atoms with Crippen molar-refractivity contribution in [2.45, 2.75) is 13.8 Å². The molecule has 0 aliphatic rings. The number of hydrogen-bond donors (Lipinski definition) is 2. The molecule has 4 aromatic carbocycles. The molecule has 0 heterocycles. The quantitative estimate of drug-likeness (QED) is 0.0628. The van der Waals surface area contributed by atoms with E-state index in [2.05, 4.69) is 15.8 Å². The number of nitrogens with zero attached hydrogens (tertiary/aromatic N) is 2. The predicted octanol–water partition coefficient (Wildman–Crippen LogP) is 5.64. The molecule has 0 saturated heterocycles. The van der Waals surface area contributed by atoms with Crippen LogP contribution in [0, 0.1) is 10.1 Å². The Labute approximate surface area is 263 Å². The maximum absolute atomic E-state index is 12.9. The third-order valence-corrected chi connectivity index (χ3v) is 6.27. The molecule has 0 unspecified atom stereocenters. The molecular weight excluding hydrogens is 596 g/mol. The van der Waals surface area contributed by atoms with E-state index in [9.17, 15) is 24.5 Å². The molecule has 4 aromatic rings. The number of carbonyl (C=O) groups excluding carboxylic acids is 3. The van der Waals surface area contributed by atoms with Gasteiger partial charge in [-0.05, 0) is 86.1 Å². The molecule has 0 radical (unpaired) electrons. The fraction of sp³-hybridized carbons (Fsp3) is 0.152. The van der Waals surface area contributed by atoms with E-state index in [1.165, 1.54) is 49.7 Å². The van der Waals surface area contributed by atoms with E-state index >= 15 is 0 Å². The van der Waals surface area contributed by atoms with E-state index in [1.807, 2.05) is 13.8 Å². The van der Waals surface area contributed by atoms with Gasteiger partial charge in [0.2, 0.25) is 0 Å². The molecule has 13 heteroatoms. The van der Waals surface area contributed by atoms with Crippen LogP contribution in [0.1, 0.15) is 50.5 Å². The van der Waals surface area contributed by atoms with Crippen molar-refractivity contribution in [3.63, 3.8) is 0 Å². The lowest BCUT2D eigenvalue weighted by molar-refractivity contribution is -0.384. The summed E-state index contributed by atoms with van der Waals surface area (Å²) in [6, 6.07) is 20.9. The highest BCUT2D eigenvalue weighted by Crippen LogP contribution is 2.30. The molecule has 0 spiro atoms. The Morgan fingerprint density at radius 1 is 0.783 bits per heavy atom. The van der Waals surface area contributed by atoms with Crippen molar-refractivity contribution < 1.29 is 38.3 Å². The third kappa shape index (κ3) is 8.44. The number of hydrazone groups is 1. The summed E-state index contributed by atoms with van der Waals surface area (Å²) in [5, 5.41) is 17.6. The van der Waals surface area contributed by atoms with Gasteiger partial charge in [0.15, 0.2) is 23.0 Å². The molecule has 0 aliphatic carbocycles. The standard InChI is InChI=1S/C33H30N4O9/c1-4-44-27-16-12-24(19-30(27)45-5-2)31(38)35-25-8-6-7-23(18-25)32(39)36-34-20-21-9-15-28(29(17-21)43-3)46-33(40)22-10-13-26(14-11-22)37(41)42/h6-20H,4-5H2,1-3H3,(H,35,38)(H,36,39). The van der Waals surface area contributed by atoms with Crippen LogP contribution in [0.15, 0.2) is 90.0 Å². The molecule has 2 N–H and O–H groups in total. The highest BCUT2D eigenvalue weighted by molar-refractivity contribution is 6.05. The molecule has 46 heavy (non-hydrogen) atoms. The normalized spacial score (nSPS) is 10.6. The number of esters is 1. The second-order valence-electron chi connectivity index (χ2n) is 9.37.